The first-order valence-corrected chi connectivity index (χ1v) is 4.72. The first kappa shape index (κ1) is 12.3. The van der Waals surface area contributed by atoms with Crippen LogP contribution in [0.1, 0.15) is 5.56 Å². The average molecular weight is 244 g/mol. The summed E-state index contributed by atoms with van der Waals surface area (Å²) >= 11 is 5.79. The predicted molar refractivity (Wildman–Crippen MR) is 59.0 cm³/mol. The molecule has 0 aliphatic heterocycles. The van der Waals surface area contributed by atoms with Crippen molar-refractivity contribution in [1.82, 2.24) is 0 Å². The summed E-state index contributed by atoms with van der Waals surface area (Å²) in [5.41, 5.74) is 0.940. The van der Waals surface area contributed by atoms with Gasteiger partial charge in [-0.2, -0.15) is 0 Å². The Morgan fingerprint density at radius 2 is 2.06 bits per heavy atom. The number of ether oxygens (including phenoxy) is 1. The van der Waals surface area contributed by atoms with E-state index in [4.69, 9.17) is 21.4 Å². The van der Waals surface area contributed by atoms with Gasteiger partial charge in [-0.15, -0.1) is 0 Å². The lowest BCUT2D eigenvalue weighted by atomic mass is 10.2. The first-order chi connectivity index (χ1) is 7.45. The van der Waals surface area contributed by atoms with E-state index >= 15 is 0 Å². The number of aliphatic carboxylic acids is 1. The van der Waals surface area contributed by atoms with Crippen molar-refractivity contribution in [3.8, 4) is 5.75 Å². The zero-order chi connectivity index (χ0) is 12.3. The third-order valence-electron chi connectivity index (χ3n) is 1.89. The van der Waals surface area contributed by atoms with Crippen molar-refractivity contribution in [1.29, 1.82) is 0 Å². The van der Waals surface area contributed by atoms with Crippen LogP contribution in [-0.4, -0.2) is 24.1 Å². The molecule has 86 valence electrons. The molecule has 0 fully saturated rings. The first-order valence-electron chi connectivity index (χ1n) is 4.34. The fraction of sp³-hybridized carbons (Fsp3) is 0.200. The standard InChI is InChI=1S/C10H10ClNO4/c1-5-3-6(11)4-7(8(5)16-2)12-9(13)10(14)15/h3-4H,1-2H3,(H,12,13)(H,14,15). The highest BCUT2D eigenvalue weighted by atomic mass is 35.5. The van der Waals surface area contributed by atoms with Gasteiger partial charge in [-0.05, 0) is 24.6 Å². The number of anilines is 1. The number of carbonyl (C=O) groups is 2. The maximum Gasteiger partial charge on any atom is 0.394 e. The number of rotatable bonds is 2. The monoisotopic (exact) mass is 243 g/mol. The highest BCUT2D eigenvalue weighted by Crippen LogP contribution is 2.31. The van der Waals surface area contributed by atoms with Crippen molar-refractivity contribution in [2.45, 2.75) is 6.92 Å². The number of carboxylic acids is 1. The normalized spacial score (nSPS) is 9.69. The summed E-state index contributed by atoms with van der Waals surface area (Å²) in [7, 11) is 1.42. The van der Waals surface area contributed by atoms with E-state index < -0.39 is 11.9 Å². The lowest BCUT2D eigenvalue weighted by Gasteiger charge is -2.11. The van der Waals surface area contributed by atoms with Crippen molar-refractivity contribution >= 4 is 29.2 Å². The number of halogens is 1. The van der Waals surface area contributed by atoms with Crippen molar-refractivity contribution in [2.24, 2.45) is 0 Å². The molecule has 0 radical (unpaired) electrons. The molecule has 1 aromatic carbocycles. The molecule has 1 amide bonds. The number of carboxylic acid groups (broad SMARTS) is 1. The second-order valence-corrected chi connectivity index (χ2v) is 3.50. The summed E-state index contributed by atoms with van der Waals surface area (Å²) < 4.78 is 5.05. The summed E-state index contributed by atoms with van der Waals surface area (Å²) in [6.07, 6.45) is 0. The molecule has 1 rings (SSSR count). The molecule has 6 heteroatoms. The quantitative estimate of drug-likeness (QED) is 0.775. The summed E-state index contributed by atoms with van der Waals surface area (Å²) in [6.45, 7) is 1.74. The number of carbonyl (C=O) groups excluding carboxylic acids is 1. The van der Waals surface area contributed by atoms with Crippen LogP contribution in [0, 0.1) is 6.92 Å². The number of amides is 1. The number of benzene rings is 1. The number of methoxy groups -OCH3 is 1. The Kier molecular flexibility index (Phi) is 3.73. The zero-order valence-corrected chi connectivity index (χ0v) is 9.46. The summed E-state index contributed by atoms with van der Waals surface area (Å²) in [4.78, 5) is 21.4. The van der Waals surface area contributed by atoms with Crippen LogP contribution in [-0.2, 0) is 9.59 Å². The Balaban J connectivity index is 3.12. The molecule has 1 aromatic rings. The molecule has 16 heavy (non-hydrogen) atoms. The molecular weight excluding hydrogens is 234 g/mol. The van der Waals surface area contributed by atoms with E-state index in [0.717, 1.165) is 0 Å². The van der Waals surface area contributed by atoms with Crippen LogP contribution in [0.25, 0.3) is 0 Å². The van der Waals surface area contributed by atoms with Gasteiger partial charge in [0.2, 0.25) is 0 Å². The summed E-state index contributed by atoms with van der Waals surface area (Å²) in [5.74, 6) is -2.32. The van der Waals surface area contributed by atoms with Gasteiger partial charge in [0.1, 0.15) is 5.75 Å². The van der Waals surface area contributed by atoms with Crippen molar-refractivity contribution in [2.75, 3.05) is 12.4 Å². The topological polar surface area (TPSA) is 75.6 Å². The molecule has 0 saturated carbocycles. The fourth-order valence-electron chi connectivity index (χ4n) is 1.27. The van der Waals surface area contributed by atoms with E-state index in [2.05, 4.69) is 5.32 Å². The van der Waals surface area contributed by atoms with Gasteiger partial charge in [0.05, 0.1) is 12.8 Å². The second-order valence-electron chi connectivity index (χ2n) is 3.06. The van der Waals surface area contributed by atoms with Crippen LogP contribution >= 0.6 is 11.6 Å². The third kappa shape index (κ3) is 2.64. The van der Waals surface area contributed by atoms with Gasteiger partial charge in [0, 0.05) is 5.02 Å². The molecule has 0 spiro atoms. The molecule has 0 atom stereocenters. The molecule has 0 aliphatic carbocycles. The van der Waals surface area contributed by atoms with Crippen LogP contribution in [0.4, 0.5) is 5.69 Å². The Morgan fingerprint density at radius 3 is 2.56 bits per heavy atom. The molecule has 0 unspecified atom stereocenters. The second kappa shape index (κ2) is 4.85. The van der Waals surface area contributed by atoms with Crippen molar-refractivity contribution in [3.63, 3.8) is 0 Å². The molecule has 0 aromatic heterocycles. The highest BCUT2D eigenvalue weighted by molar-refractivity contribution is 6.37. The Hall–Kier alpha value is -1.75. The van der Waals surface area contributed by atoms with Crippen LogP contribution in [0.2, 0.25) is 5.02 Å². The summed E-state index contributed by atoms with van der Waals surface area (Å²) in [6, 6.07) is 3.07. The van der Waals surface area contributed by atoms with E-state index in [1.165, 1.54) is 13.2 Å². The third-order valence-corrected chi connectivity index (χ3v) is 2.10. The van der Waals surface area contributed by atoms with E-state index in [1.807, 2.05) is 0 Å². The number of hydrogen-bond donors (Lipinski definition) is 2. The van der Waals surface area contributed by atoms with E-state index in [9.17, 15) is 9.59 Å². The van der Waals surface area contributed by atoms with Crippen molar-refractivity contribution in [3.05, 3.63) is 22.7 Å². The molecule has 5 nitrogen and oxygen atoms in total. The Morgan fingerprint density at radius 1 is 1.44 bits per heavy atom. The Labute approximate surface area is 97.0 Å². The smallest absolute Gasteiger partial charge is 0.394 e. The van der Waals surface area contributed by atoms with E-state index in [0.29, 0.717) is 16.3 Å². The minimum Gasteiger partial charge on any atom is -0.494 e. The largest absolute Gasteiger partial charge is 0.494 e. The Bertz CT molecular complexity index is 445. The molecular formula is C10H10ClNO4. The van der Waals surface area contributed by atoms with E-state index in [1.54, 1.807) is 13.0 Å². The molecule has 0 saturated heterocycles. The summed E-state index contributed by atoms with van der Waals surface area (Å²) in [5, 5.41) is 11.0. The minimum absolute atomic E-state index is 0.236. The highest BCUT2D eigenvalue weighted by Gasteiger charge is 2.15. The molecule has 0 aliphatic rings. The SMILES string of the molecule is COc1c(C)cc(Cl)cc1NC(=O)C(=O)O. The van der Waals surface area contributed by atoms with Gasteiger partial charge in [-0.1, -0.05) is 11.6 Å². The number of hydrogen-bond acceptors (Lipinski definition) is 3. The van der Waals surface area contributed by atoms with Gasteiger partial charge in [-0.25, -0.2) is 4.79 Å². The van der Waals surface area contributed by atoms with Crippen LogP contribution < -0.4 is 10.1 Å². The van der Waals surface area contributed by atoms with E-state index in [-0.39, 0.29) is 5.69 Å². The molecule has 2 N–H and O–H groups in total. The lowest BCUT2D eigenvalue weighted by molar-refractivity contribution is -0.147. The van der Waals surface area contributed by atoms with Gasteiger partial charge < -0.3 is 15.2 Å². The number of aryl methyl sites for hydroxylation is 1. The molecule has 0 bridgehead atoms. The zero-order valence-electron chi connectivity index (χ0n) is 8.70. The van der Waals surface area contributed by atoms with Crippen LogP contribution in [0.5, 0.6) is 5.75 Å². The van der Waals surface area contributed by atoms with Crippen LogP contribution in [0.3, 0.4) is 0 Å². The fourth-order valence-corrected chi connectivity index (χ4v) is 1.54. The van der Waals surface area contributed by atoms with Gasteiger partial charge in [-0.3, -0.25) is 4.79 Å². The maximum atomic E-state index is 11.0. The minimum atomic E-state index is -1.57. The van der Waals surface area contributed by atoms with Crippen molar-refractivity contribution < 1.29 is 19.4 Å². The maximum absolute atomic E-state index is 11.0. The lowest BCUT2D eigenvalue weighted by Crippen LogP contribution is -2.22. The number of nitrogens with one attached hydrogen (secondary N) is 1. The van der Waals surface area contributed by atoms with Gasteiger partial charge >= 0.3 is 11.9 Å². The van der Waals surface area contributed by atoms with Gasteiger partial charge in [0.15, 0.2) is 0 Å². The van der Waals surface area contributed by atoms with Gasteiger partial charge in [0.25, 0.3) is 0 Å². The predicted octanol–water partition coefficient (Wildman–Crippen LogP) is 1.68. The van der Waals surface area contributed by atoms with Crippen LogP contribution in [0.15, 0.2) is 12.1 Å². The average Bonchev–Trinajstić information content (AvgIpc) is 2.16. The molecule has 0 heterocycles.